The molecule has 0 aliphatic heterocycles. The molecule has 0 fully saturated rings. The number of rotatable bonds is 1. The van der Waals surface area contributed by atoms with Crippen LogP contribution < -0.4 is 0 Å². The monoisotopic (exact) mass is 199 g/mol. The molecule has 2 aromatic heterocycles. The van der Waals surface area contributed by atoms with Crippen molar-refractivity contribution >= 4 is 29.0 Å². The van der Waals surface area contributed by atoms with Crippen LogP contribution in [0.5, 0.6) is 0 Å². The molecule has 2 rings (SSSR count). The summed E-state index contributed by atoms with van der Waals surface area (Å²) in [5.41, 5.74) is 0.823. The lowest BCUT2D eigenvalue weighted by Gasteiger charge is -1.89. The molecule has 5 heteroatoms. The summed E-state index contributed by atoms with van der Waals surface area (Å²) >= 11 is 7.29. The van der Waals surface area contributed by atoms with Crippen LogP contribution in [-0.4, -0.2) is 20.9 Å². The van der Waals surface area contributed by atoms with Crippen molar-refractivity contribution < 1.29 is 0 Å². The molecule has 0 N–H and O–H groups in total. The number of imidazole rings is 1. The van der Waals surface area contributed by atoms with Gasteiger partial charge in [0.15, 0.2) is 5.65 Å². The summed E-state index contributed by atoms with van der Waals surface area (Å²) in [5, 5.41) is 5.48. The number of hydrogen-bond donors (Lipinski definition) is 0. The average molecular weight is 200 g/mol. The normalized spacial score (nSPS) is 10.8. The second-order valence-corrected chi connectivity index (χ2v) is 3.46. The summed E-state index contributed by atoms with van der Waals surface area (Å²) in [7, 11) is 0. The molecule has 0 saturated heterocycles. The Labute approximate surface area is 78.7 Å². The predicted molar refractivity (Wildman–Crippen MR) is 49.8 cm³/mol. The molecule has 0 amide bonds. The molecule has 0 atom stereocenters. The van der Waals surface area contributed by atoms with E-state index in [9.17, 15) is 0 Å². The summed E-state index contributed by atoms with van der Waals surface area (Å²) < 4.78 is 1.67. The van der Waals surface area contributed by atoms with E-state index < -0.39 is 0 Å². The second kappa shape index (κ2) is 2.95. The summed E-state index contributed by atoms with van der Waals surface area (Å²) in [6.45, 7) is 0. The highest BCUT2D eigenvalue weighted by Gasteiger charge is 2.00. The molecule has 3 nitrogen and oxygen atoms in total. The lowest BCUT2D eigenvalue weighted by molar-refractivity contribution is 0.932. The van der Waals surface area contributed by atoms with Gasteiger partial charge in [-0.25, -0.2) is 9.50 Å². The molecular weight excluding hydrogens is 194 g/mol. The smallest absolute Gasteiger partial charge is 0.154 e. The van der Waals surface area contributed by atoms with Gasteiger partial charge in [-0.2, -0.15) is 5.10 Å². The first-order valence-electron chi connectivity index (χ1n) is 3.35. The van der Waals surface area contributed by atoms with Crippen molar-refractivity contribution in [1.82, 2.24) is 14.6 Å². The van der Waals surface area contributed by atoms with E-state index >= 15 is 0 Å². The van der Waals surface area contributed by atoms with Crippen LogP contribution in [-0.2, 0) is 0 Å². The van der Waals surface area contributed by atoms with Crippen molar-refractivity contribution in [3.8, 4) is 0 Å². The van der Waals surface area contributed by atoms with E-state index in [1.807, 2.05) is 18.5 Å². The third-order valence-corrected chi connectivity index (χ3v) is 2.29. The van der Waals surface area contributed by atoms with Crippen molar-refractivity contribution in [3.63, 3.8) is 0 Å². The topological polar surface area (TPSA) is 30.2 Å². The third kappa shape index (κ3) is 1.28. The van der Waals surface area contributed by atoms with Crippen molar-refractivity contribution in [2.24, 2.45) is 0 Å². The van der Waals surface area contributed by atoms with Crippen molar-refractivity contribution in [3.05, 3.63) is 23.5 Å². The minimum absolute atomic E-state index is 0.479. The molecule has 62 valence electrons. The van der Waals surface area contributed by atoms with Crippen LogP contribution in [0.2, 0.25) is 5.15 Å². The molecule has 2 heterocycles. The zero-order valence-corrected chi connectivity index (χ0v) is 7.93. The molecule has 0 unspecified atom stereocenters. The maximum atomic E-state index is 5.70. The summed E-state index contributed by atoms with van der Waals surface area (Å²) in [6, 6.07) is 3.57. The van der Waals surface area contributed by atoms with Gasteiger partial charge in [-0.1, -0.05) is 11.6 Å². The standard InChI is InChI=1S/C7H6ClN3S/c1-12-7-4-11-6(9-7)3-2-5(8)10-11/h2-4H,1H3. The largest absolute Gasteiger partial charge is 0.221 e. The second-order valence-electron chi connectivity index (χ2n) is 2.24. The van der Waals surface area contributed by atoms with Gasteiger partial charge in [-0.05, 0) is 18.4 Å². The first-order chi connectivity index (χ1) is 5.79. The van der Waals surface area contributed by atoms with Gasteiger partial charge in [-0.15, -0.1) is 11.8 Å². The Balaban J connectivity index is 2.67. The van der Waals surface area contributed by atoms with Gasteiger partial charge in [0.05, 0.1) is 6.20 Å². The van der Waals surface area contributed by atoms with E-state index in [-0.39, 0.29) is 0 Å². The number of fused-ring (bicyclic) bond motifs is 1. The third-order valence-electron chi connectivity index (χ3n) is 1.47. The molecule has 0 saturated carbocycles. The molecule has 0 aliphatic carbocycles. The summed E-state index contributed by atoms with van der Waals surface area (Å²) in [5.74, 6) is 0. The van der Waals surface area contributed by atoms with Gasteiger partial charge in [0.2, 0.25) is 0 Å². The van der Waals surface area contributed by atoms with E-state index in [2.05, 4.69) is 10.1 Å². The van der Waals surface area contributed by atoms with E-state index in [0.717, 1.165) is 10.7 Å². The Hall–Kier alpha value is -0.740. The molecule has 0 radical (unpaired) electrons. The van der Waals surface area contributed by atoms with E-state index in [1.54, 1.807) is 22.3 Å². The van der Waals surface area contributed by atoms with Crippen LogP contribution in [0, 0.1) is 0 Å². The highest BCUT2D eigenvalue weighted by molar-refractivity contribution is 7.98. The Kier molecular flexibility index (Phi) is 1.94. The number of halogens is 1. The van der Waals surface area contributed by atoms with Crippen LogP contribution in [0.1, 0.15) is 0 Å². The number of aromatic nitrogens is 3. The van der Waals surface area contributed by atoms with Gasteiger partial charge < -0.3 is 0 Å². The fraction of sp³-hybridized carbons (Fsp3) is 0.143. The van der Waals surface area contributed by atoms with Crippen molar-refractivity contribution in [2.45, 2.75) is 5.03 Å². The van der Waals surface area contributed by atoms with Gasteiger partial charge >= 0.3 is 0 Å². The predicted octanol–water partition coefficient (Wildman–Crippen LogP) is 2.10. The van der Waals surface area contributed by atoms with Crippen LogP contribution in [0.25, 0.3) is 5.65 Å². The quantitative estimate of drug-likeness (QED) is 0.659. The van der Waals surface area contributed by atoms with Crippen LogP contribution in [0.15, 0.2) is 23.4 Å². The Morgan fingerprint density at radius 2 is 2.33 bits per heavy atom. The minimum atomic E-state index is 0.479. The van der Waals surface area contributed by atoms with E-state index in [1.165, 1.54) is 0 Å². The zero-order valence-electron chi connectivity index (χ0n) is 6.36. The molecule has 0 aliphatic rings. The molecule has 0 aromatic carbocycles. The molecule has 2 aromatic rings. The maximum absolute atomic E-state index is 5.70. The minimum Gasteiger partial charge on any atom is -0.221 e. The van der Waals surface area contributed by atoms with Crippen LogP contribution in [0.3, 0.4) is 0 Å². The van der Waals surface area contributed by atoms with Crippen LogP contribution in [0.4, 0.5) is 0 Å². The Morgan fingerprint density at radius 1 is 1.50 bits per heavy atom. The SMILES string of the molecule is CSc1cn2nc(Cl)ccc2n1. The highest BCUT2D eigenvalue weighted by Crippen LogP contribution is 2.14. The summed E-state index contributed by atoms with van der Waals surface area (Å²) in [4.78, 5) is 4.28. The van der Waals surface area contributed by atoms with Crippen LogP contribution >= 0.6 is 23.4 Å². The molecule has 0 bridgehead atoms. The number of nitrogens with zero attached hydrogens (tertiary/aromatic N) is 3. The van der Waals surface area contributed by atoms with E-state index in [0.29, 0.717) is 5.15 Å². The summed E-state index contributed by atoms with van der Waals surface area (Å²) in [6.07, 6.45) is 3.83. The van der Waals surface area contributed by atoms with Gasteiger partial charge in [-0.3, -0.25) is 0 Å². The average Bonchev–Trinajstić information content (AvgIpc) is 2.46. The maximum Gasteiger partial charge on any atom is 0.154 e. The molecule has 12 heavy (non-hydrogen) atoms. The Bertz CT molecular complexity index is 412. The Morgan fingerprint density at radius 3 is 3.08 bits per heavy atom. The van der Waals surface area contributed by atoms with Gasteiger partial charge in [0.25, 0.3) is 0 Å². The number of thioether (sulfide) groups is 1. The fourth-order valence-corrected chi connectivity index (χ4v) is 1.47. The highest BCUT2D eigenvalue weighted by atomic mass is 35.5. The fourth-order valence-electron chi connectivity index (χ4n) is 0.935. The lowest BCUT2D eigenvalue weighted by atomic mass is 10.6. The number of hydrogen-bond acceptors (Lipinski definition) is 3. The van der Waals surface area contributed by atoms with Crippen molar-refractivity contribution in [1.29, 1.82) is 0 Å². The molecular formula is C7H6ClN3S. The van der Waals surface area contributed by atoms with E-state index in [4.69, 9.17) is 11.6 Å². The lowest BCUT2D eigenvalue weighted by Crippen LogP contribution is -1.88. The first-order valence-corrected chi connectivity index (χ1v) is 4.96. The zero-order chi connectivity index (χ0) is 8.55. The van der Waals surface area contributed by atoms with Gasteiger partial charge in [0.1, 0.15) is 10.2 Å². The molecule has 0 spiro atoms. The first kappa shape index (κ1) is 7.89. The van der Waals surface area contributed by atoms with Crippen molar-refractivity contribution in [2.75, 3.05) is 6.26 Å². The van der Waals surface area contributed by atoms with Gasteiger partial charge in [0, 0.05) is 0 Å².